The molecule has 10 heteroatoms. The van der Waals surface area contributed by atoms with Gasteiger partial charge in [-0.25, -0.2) is 4.79 Å². The zero-order chi connectivity index (χ0) is 25.0. The maximum Gasteiger partial charge on any atom is 0.408 e. The zero-order valence-corrected chi connectivity index (χ0v) is 20.7. The van der Waals surface area contributed by atoms with E-state index in [2.05, 4.69) is 29.8 Å². The van der Waals surface area contributed by atoms with E-state index in [0.717, 1.165) is 19.4 Å². The molecule has 1 aliphatic heterocycles. The molecule has 4 N–H and O–H groups in total. The Balaban J connectivity index is 2.73. The Morgan fingerprint density at radius 2 is 1.82 bits per heavy atom. The number of likely N-dealkylation sites (tertiary alicyclic amines) is 1. The van der Waals surface area contributed by atoms with E-state index < -0.39 is 29.6 Å². The highest BCUT2D eigenvalue weighted by atomic mass is 16.6. The van der Waals surface area contributed by atoms with Crippen LogP contribution in [0.3, 0.4) is 0 Å². The first-order chi connectivity index (χ1) is 15.4. The fourth-order valence-electron chi connectivity index (χ4n) is 3.62. The van der Waals surface area contributed by atoms with Crippen LogP contribution < -0.4 is 16.0 Å². The molecular formula is C23H42N4O6. The molecule has 0 spiro atoms. The number of carboxylic acids is 1. The van der Waals surface area contributed by atoms with Crippen molar-refractivity contribution in [2.75, 3.05) is 26.2 Å². The van der Waals surface area contributed by atoms with E-state index in [0.29, 0.717) is 31.8 Å². The summed E-state index contributed by atoms with van der Waals surface area (Å²) in [5.74, 6) is -1.84. The molecule has 1 fully saturated rings. The van der Waals surface area contributed by atoms with Gasteiger partial charge in [-0.15, -0.1) is 0 Å². The Kier molecular flexibility index (Phi) is 12.2. The highest BCUT2D eigenvalue weighted by Gasteiger charge is 2.33. The number of carbonyl (C=O) groups is 4. The maximum atomic E-state index is 13.3. The van der Waals surface area contributed by atoms with E-state index in [1.54, 1.807) is 25.7 Å². The van der Waals surface area contributed by atoms with E-state index in [-0.39, 0.29) is 31.3 Å². The number of carboxylic acid groups (broad SMARTS) is 1. The van der Waals surface area contributed by atoms with Gasteiger partial charge in [0.15, 0.2) is 0 Å². The van der Waals surface area contributed by atoms with Gasteiger partial charge in [0.2, 0.25) is 11.8 Å². The molecule has 2 atom stereocenters. The van der Waals surface area contributed by atoms with Crippen LogP contribution in [0.2, 0.25) is 0 Å². The molecule has 1 saturated heterocycles. The molecule has 0 aromatic carbocycles. The van der Waals surface area contributed by atoms with Gasteiger partial charge in [-0.05, 0) is 59.4 Å². The van der Waals surface area contributed by atoms with Crippen molar-refractivity contribution in [1.29, 1.82) is 0 Å². The van der Waals surface area contributed by atoms with Crippen LogP contribution in [0.25, 0.3) is 0 Å². The highest BCUT2D eigenvalue weighted by molar-refractivity contribution is 5.87. The Labute approximate surface area is 197 Å². The zero-order valence-electron chi connectivity index (χ0n) is 20.7. The average molecular weight is 471 g/mol. The van der Waals surface area contributed by atoms with Gasteiger partial charge in [-0.3, -0.25) is 14.4 Å². The molecule has 0 aromatic heterocycles. The van der Waals surface area contributed by atoms with Crippen LogP contribution in [-0.4, -0.2) is 77.7 Å². The first-order valence-corrected chi connectivity index (χ1v) is 11.9. The summed E-state index contributed by atoms with van der Waals surface area (Å²) in [7, 11) is 0. The lowest BCUT2D eigenvalue weighted by Crippen LogP contribution is -2.53. The van der Waals surface area contributed by atoms with Crippen molar-refractivity contribution in [1.82, 2.24) is 20.9 Å². The number of piperidine rings is 1. The van der Waals surface area contributed by atoms with Gasteiger partial charge < -0.3 is 30.7 Å². The Hall–Kier alpha value is -2.36. The molecule has 33 heavy (non-hydrogen) atoms. The molecule has 1 rings (SSSR count). The predicted octanol–water partition coefficient (Wildman–Crippen LogP) is 1.88. The van der Waals surface area contributed by atoms with Crippen LogP contribution in [0.4, 0.5) is 4.79 Å². The lowest BCUT2D eigenvalue weighted by molar-refractivity contribution is -0.137. The number of alkyl carbamates (subject to hydrolysis) is 1. The molecule has 3 amide bonds. The van der Waals surface area contributed by atoms with Crippen molar-refractivity contribution in [2.45, 2.75) is 90.8 Å². The smallest absolute Gasteiger partial charge is 0.408 e. The topological polar surface area (TPSA) is 137 Å². The summed E-state index contributed by atoms with van der Waals surface area (Å²) in [6.07, 6.45) is 2.61. The summed E-state index contributed by atoms with van der Waals surface area (Å²) in [6, 6.07) is -0.345. The first kappa shape index (κ1) is 28.7. The molecule has 1 heterocycles. The molecule has 0 saturated carbocycles. The van der Waals surface area contributed by atoms with Crippen molar-refractivity contribution in [2.24, 2.45) is 5.92 Å². The van der Waals surface area contributed by atoms with Gasteiger partial charge in [0.25, 0.3) is 0 Å². The molecule has 190 valence electrons. The van der Waals surface area contributed by atoms with E-state index in [9.17, 15) is 19.2 Å². The largest absolute Gasteiger partial charge is 0.481 e. The Morgan fingerprint density at radius 3 is 2.42 bits per heavy atom. The molecule has 1 unspecified atom stereocenters. The molecule has 0 aromatic rings. The average Bonchev–Trinajstić information content (AvgIpc) is 2.70. The van der Waals surface area contributed by atoms with Crippen LogP contribution in [0.1, 0.15) is 73.1 Å². The molecule has 0 radical (unpaired) electrons. The number of rotatable bonds is 12. The normalized spacial score (nSPS) is 17.4. The summed E-state index contributed by atoms with van der Waals surface area (Å²) in [4.78, 5) is 50.3. The van der Waals surface area contributed by atoms with E-state index in [1.165, 1.54) is 0 Å². The lowest BCUT2D eigenvalue weighted by Gasteiger charge is -2.34. The first-order valence-electron chi connectivity index (χ1n) is 11.9. The fraction of sp³-hybridized carbons (Fsp3) is 0.826. The summed E-state index contributed by atoms with van der Waals surface area (Å²) in [5, 5.41) is 17.4. The monoisotopic (exact) mass is 470 g/mol. The number of carbonyl (C=O) groups excluding carboxylic acids is 3. The summed E-state index contributed by atoms with van der Waals surface area (Å²) < 4.78 is 5.34. The number of amides is 3. The van der Waals surface area contributed by atoms with Gasteiger partial charge in [-0.2, -0.15) is 0 Å². The van der Waals surface area contributed by atoms with Crippen molar-refractivity contribution in [3.63, 3.8) is 0 Å². The Morgan fingerprint density at radius 1 is 1.12 bits per heavy atom. The summed E-state index contributed by atoms with van der Waals surface area (Å²) in [5.41, 5.74) is -0.677. The van der Waals surface area contributed by atoms with Crippen molar-refractivity contribution >= 4 is 23.9 Å². The van der Waals surface area contributed by atoms with Crippen molar-refractivity contribution in [3.05, 3.63) is 0 Å². The van der Waals surface area contributed by atoms with Crippen LogP contribution in [0.5, 0.6) is 0 Å². The molecular weight excluding hydrogens is 428 g/mol. The van der Waals surface area contributed by atoms with Gasteiger partial charge in [0, 0.05) is 25.7 Å². The second-order valence-electron chi connectivity index (χ2n) is 9.86. The number of unbranched alkanes of at least 4 members (excludes halogenated alkanes) is 1. The second kappa shape index (κ2) is 14.0. The number of aliphatic carboxylic acids is 1. The van der Waals surface area contributed by atoms with Crippen LogP contribution in [-0.2, 0) is 19.1 Å². The van der Waals surface area contributed by atoms with E-state index in [1.807, 2.05) is 0 Å². The standard InChI is InChI=1S/C23H42N4O6/c1-16(2)24-12-7-6-10-18(26-22(32)33-23(3,4)5)21(31)27-14-8-9-17(15-27)20(30)25-13-11-19(28)29/h16-18,24H,6-15H2,1-5H3,(H,25,30)(H,26,32)(H,28,29)/t17?,18-/m0/s1. The van der Waals surface area contributed by atoms with Gasteiger partial charge in [0.1, 0.15) is 11.6 Å². The predicted molar refractivity (Wildman–Crippen MR) is 125 cm³/mol. The number of nitrogens with zero attached hydrogens (tertiary/aromatic N) is 1. The minimum atomic E-state index is -0.976. The van der Waals surface area contributed by atoms with Gasteiger partial charge in [0.05, 0.1) is 12.3 Å². The van der Waals surface area contributed by atoms with Gasteiger partial charge >= 0.3 is 12.1 Å². The third-order valence-corrected chi connectivity index (χ3v) is 5.20. The lowest BCUT2D eigenvalue weighted by atomic mass is 9.96. The number of ether oxygens (including phenoxy) is 1. The third-order valence-electron chi connectivity index (χ3n) is 5.20. The number of hydrogen-bond acceptors (Lipinski definition) is 6. The quantitative estimate of drug-likeness (QED) is 0.320. The maximum absolute atomic E-state index is 13.3. The van der Waals surface area contributed by atoms with Crippen molar-refractivity contribution < 1.29 is 29.0 Å². The molecule has 0 aliphatic carbocycles. The minimum absolute atomic E-state index is 0.0614. The fourth-order valence-corrected chi connectivity index (χ4v) is 3.62. The number of hydrogen-bond donors (Lipinski definition) is 4. The molecule has 10 nitrogen and oxygen atoms in total. The Bertz CT molecular complexity index is 662. The van der Waals surface area contributed by atoms with E-state index >= 15 is 0 Å². The van der Waals surface area contributed by atoms with Crippen LogP contribution >= 0.6 is 0 Å². The van der Waals surface area contributed by atoms with E-state index in [4.69, 9.17) is 9.84 Å². The SMILES string of the molecule is CC(C)NCCCC[C@H](NC(=O)OC(C)(C)C)C(=O)N1CCCC(C(=O)NCCC(=O)O)C1. The highest BCUT2D eigenvalue weighted by Crippen LogP contribution is 2.19. The number of nitrogens with one attached hydrogen (secondary N) is 3. The summed E-state index contributed by atoms with van der Waals surface area (Å²) >= 11 is 0. The minimum Gasteiger partial charge on any atom is -0.481 e. The van der Waals surface area contributed by atoms with Crippen LogP contribution in [0, 0.1) is 5.92 Å². The van der Waals surface area contributed by atoms with Crippen molar-refractivity contribution in [3.8, 4) is 0 Å². The van der Waals surface area contributed by atoms with Crippen LogP contribution in [0.15, 0.2) is 0 Å². The molecule has 0 bridgehead atoms. The summed E-state index contributed by atoms with van der Waals surface area (Å²) in [6.45, 7) is 11.1. The van der Waals surface area contributed by atoms with Gasteiger partial charge in [-0.1, -0.05) is 13.8 Å². The molecule has 1 aliphatic rings. The third kappa shape index (κ3) is 12.5. The second-order valence-corrected chi connectivity index (χ2v) is 9.86.